The minimum Gasteiger partial charge on any atom is -0.288 e. The Balaban J connectivity index is 2.09. The molecule has 25 heavy (non-hydrogen) atoms. The molecule has 1 aromatic heterocycles. The number of nitrogens with zero attached hydrogens (tertiary/aromatic N) is 2. The molecular formula is C20H24N3O2+. The zero-order chi connectivity index (χ0) is 18.2. The normalized spacial score (nSPS) is 20.2. The van der Waals surface area contributed by atoms with Crippen LogP contribution in [-0.2, 0) is 0 Å². The molecule has 0 saturated heterocycles. The monoisotopic (exact) mass is 338 g/mol. The molecule has 2 N–H and O–H groups in total. The summed E-state index contributed by atoms with van der Waals surface area (Å²) >= 11 is 0. The summed E-state index contributed by atoms with van der Waals surface area (Å²) in [6, 6.07) is 12.0. The van der Waals surface area contributed by atoms with Crippen LogP contribution in [0.5, 0.6) is 0 Å². The number of pyridine rings is 1. The van der Waals surface area contributed by atoms with Crippen LogP contribution in [0, 0.1) is 5.41 Å². The van der Waals surface area contributed by atoms with Gasteiger partial charge in [0, 0.05) is 29.3 Å². The number of carbonyl (C=O) groups is 1. The van der Waals surface area contributed by atoms with Crippen LogP contribution in [-0.4, -0.2) is 23.1 Å². The molecule has 1 aliphatic rings. The number of para-hydroxylation sites is 1. The van der Waals surface area contributed by atoms with Crippen molar-refractivity contribution in [1.29, 1.82) is 0 Å². The first kappa shape index (κ1) is 17.3. The van der Waals surface area contributed by atoms with E-state index < -0.39 is 5.91 Å². The summed E-state index contributed by atoms with van der Waals surface area (Å²) in [5.74, 6) is -0.557. The molecule has 3 rings (SSSR count). The average Bonchev–Trinajstić information content (AvgIpc) is 2.91. The molecule has 0 fully saturated rings. The molecule has 1 unspecified atom stereocenters. The molecule has 2 atom stereocenters. The van der Waals surface area contributed by atoms with E-state index in [1.807, 2.05) is 12.1 Å². The second-order valence-corrected chi connectivity index (χ2v) is 7.70. The molecule has 0 radical (unpaired) electrons. The van der Waals surface area contributed by atoms with E-state index in [0.717, 1.165) is 5.69 Å². The Labute approximate surface area is 148 Å². The van der Waals surface area contributed by atoms with Crippen LogP contribution in [0.1, 0.15) is 48.4 Å². The number of amides is 1. The van der Waals surface area contributed by atoms with E-state index in [1.165, 1.54) is 17.4 Å². The standard InChI is InChI=1S/C20H23N3O2/c1-20(2,3)18(16-10-9-15(13-21-16)19(24)22-25)23(4)12-11-14-7-5-6-8-17(14)23/h5-13,18H,1-4H3,(H-,22,24,25)/p+1/t18-,23?/m1/s1. The largest absolute Gasteiger partial charge is 0.288 e. The minimum atomic E-state index is -0.557. The van der Waals surface area contributed by atoms with Crippen molar-refractivity contribution in [2.24, 2.45) is 5.41 Å². The smallest absolute Gasteiger partial charge is 0.276 e. The second kappa shape index (κ2) is 6.10. The average molecular weight is 338 g/mol. The molecule has 1 amide bonds. The molecule has 2 heterocycles. The number of hydrogen-bond acceptors (Lipinski definition) is 3. The quantitative estimate of drug-likeness (QED) is 0.507. The highest BCUT2D eigenvalue weighted by Crippen LogP contribution is 2.48. The number of hydrogen-bond donors (Lipinski definition) is 2. The van der Waals surface area contributed by atoms with Gasteiger partial charge in [0.05, 0.1) is 18.3 Å². The SMILES string of the molecule is CC(C)(C)[C@@H](c1ccc(C(=O)NO)cn1)[N+]1(C)C=Cc2ccccc21. The number of rotatable bonds is 3. The molecule has 130 valence electrons. The van der Waals surface area contributed by atoms with Gasteiger partial charge in [0.1, 0.15) is 17.9 Å². The first-order chi connectivity index (χ1) is 11.8. The van der Waals surface area contributed by atoms with Gasteiger partial charge in [0.15, 0.2) is 0 Å². The van der Waals surface area contributed by atoms with Gasteiger partial charge in [-0.15, -0.1) is 0 Å². The summed E-state index contributed by atoms with van der Waals surface area (Å²) in [5.41, 5.74) is 5.27. The van der Waals surface area contributed by atoms with E-state index >= 15 is 0 Å². The molecular weight excluding hydrogens is 314 g/mol. The van der Waals surface area contributed by atoms with Crippen molar-refractivity contribution in [3.63, 3.8) is 0 Å². The van der Waals surface area contributed by atoms with Crippen LogP contribution in [0.3, 0.4) is 0 Å². The summed E-state index contributed by atoms with van der Waals surface area (Å²) < 4.78 is 0.623. The van der Waals surface area contributed by atoms with E-state index in [2.05, 4.69) is 63.3 Å². The third kappa shape index (κ3) is 2.97. The summed E-state index contributed by atoms with van der Waals surface area (Å²) in [4.78, 5) is 16.1. The lowest BCUT2D eigenvalue weighted by atomic mass is 9.81. The maximum absolute atomic E-state index is 11.6. The Morgan fingerprint density at radius 2 is 1.92 bits per heavy atom. The second-order valence-electron chi connectivity index (χ2n) is 7.70. The van der Waals surface area contributed by atoms with E-state index in [0.29, 0.717) is 10.0 Å². The van der Waals surface area contributed by atoms with Crippen LogP contribution in [0.25, 0.3) is 6.08 Å². The van der Waals surface area contributed by atoms with Gasteiger partial charge in [0.25, 0.3) is 5.91 Å². The molecule has 0 saturated carbocycles. The zero-order valence-electron chi connectivity index (χ0n) is 15.0. The predicted molar refractivity (Wildman–Crippen MR) is 98.9 cm³/mol. The third-order valence-electron chi connectivity index (χ3n) is 4.81. The molecule has 1 aromatic carbocycles. The van der Waals surface area contributed by atoms with Gasteiger partial charge in [-0.1, -0.05) is 32.9 Å². The molecule has 5 nitrogen and oxygen atoms in total. The fourth-order valence-corrected chi connectivity index (χ4v) is 3.90. The van der Waals surface area contributed by atoms with Crippen molar-refractivity contribution >= 4 is 17.7 Å². The summed E-state index contributed by atoms with van der Waals surface area (Å²) in [6.45, 7) is 6.60. The maximum Gasteiger partial charge on any atom is 0.276 e. The van der Waals surface area contributed by atoms with Crippen molar-refractivity contribution in [1.82, 2.24) is 14.9 Å². The number of hydroxylamine groups is 1. The molecule has 0 aliphatic carbocycles. The van der Waals surface area contributed by atoms with Crippen LogP contribution >= 0.6 is 0 Å². The summed E-state index contributed by atoms with van der Waals surface area (Å²) in [6.07, 6.45) is 5.87. The van der Waals surface area contributed by atoms with Crippen molar-refractivity contribution in [2.75, 3.05) is 7.05 Å². The van der Waals surface area contributed by atoms with Crippen LogP contribution < -0.4 is 9.96 Å². The topological polar surface area (TPSA) is 62.2 Å². The highest BCUT2D eigenvalue weighted by atomic mass is 16.5. The lowest BCUT2D eigenvalue weighted by Gasteiger charge is -2.42. The molecule has 0 bridgehead atoms. The molecule has 2 aromatic rings. The lowest BCUT2D eigenvalue weighted by molar-refractivity contribution is 0.0706. The van der Waals surface area contributed by atoms with E-state index in [4.69, 9.17) is 5.21 Å². The van der Waals surface area contributed by atoms with Gasteiger partial charge < -0.3 is 0 Å². The third-order valence-corrected chi connectivity index (χ3v) is 4.81. The van der Waals surface area contributed by atoms with Crippen LogP contribution in [0.2, 0.25) is 0 Å². The van der Waals surface area contributed by atoms with E-state index in [1.54, 1.807) is 11.5 Å². The fourth-order valence-electron chi connectivity index (χ4n) is 3.90. The highest BCUT2D eigenvalue weighted by molar-refractivity contribution is 5.92. The van der Waals surface area contributed by atoms with Crippen molar-refractivity contribution in [3.05, 3.63) is 65.6 Å². The number of nitrogens with one attached hydrogen (secondary N) is 1. The molecule has 0 spiro atoms. The van der Waals surface area contributed by atoms with Gasteiger partial charge in [-0.05, 0) is 18.2 Å². The fraction of sp³-hybridized carbons (Fsp3) is 0.300. The Bertz CT molecular complexity index is 822. The predicted octanol–water partition coefficient (Wildman–Crippen LogP) is 3.91. The number of benzene rings is 1. The Hall–Kier alpha value is -2.50. The van der Waals surface area contributed by atoms with E-state index in [9.17, 15) is 4.79 Å². The minimum absolute atomic E-state index is 0.0652. The van der Waals surface area contributed by atoms with Crippen molar-refractivity contribution < 1.29 is 10.0 Å². The first-order valence-electron chi connectivity index (χ1n) is 8.32. The van der Waals surface area contributed by atoms with Crippen molar-refractivity contribution in [3.8, 4) is 0 Å². The Kier molecular flexibility index (Phi) is 4.22. The highest BCUT2D eigenvalue weighted by Gasteiger charge is 2.46. The van der Waals surface area contributed by atoms with Gasteiger partial charge in [-0.2, -0.15) is 0 Å². The summed E-state index contributed by atoms with van der Waals surface area (Å²) in [5, 5.41) is 8.78. The Morgan fingerprint density at radius 3 is 2.52 bits per heavy atom. The van der Waals surface area contributed by atoms with Gasteiger partial charge in [-0.3, -0.25) is 19.5 Å². The van der Waals surface area contributed by atoms with Crippen LogP contribution in [0.15, 0.2) is 48.8 Å². The van der Waals surface area contributed by atoms with Crippen LogP contribution in [0.4, 0.5) is 5.69 Å². The number of carbonyl (C=O) groups excluding carboxylic acids is 1. The lowest BCUT2D eigenvalue weighted by Crippen LogP contribution is -2.48. The van der Waals surface area contributed by atoms with E-state index in [-0.39, 0.29) is 11.5 Å². The number of fused-ring (bicyclic) bond motifs is 1. The maximum atomic E-state index is 11.6. The summed E-state index contributed by atoms with van der Waals surface area (Å²) in [7, 11) is 2.19. The van der Waals surface area contributed by atoms with Gasteiger partial charge in [-0.25, -0.2) is 5.48 Å². The molecule has 1 aliphatic heterocycles. The Morgan fingerprint density at radius 1 is 1.20 bits per heavy atom. The zero-order valence-corrected chi connectivity index (χ0v) is 15.0. The number of aromatic nitrogens is 1. The van der Waals surface area contributed by atoms with Crippen molar-refractivity contribution in [2.45, 2.75) is 26.8 Å². The van der Waals surface area contributed by atoms with Gasteiger partial charge >= 0.3 is 0 Å². The first-order valence-corrected chi connectivity index (χ1v) is 8.32. The van der Waals surface area contributed by atoms with Gasteiger partial charge in [0.2, 0.25) is 0 Å². The molecule has 5 heteroatoms. The number of quaternary nitrogens is 1.